The molecule has 0 radical (unpaired) electrons. The maximum Gasteiger partial charge on any atom is 0.231 e. The minimum Gasteiger partial charge on any atom is -0.392 e. The van der Waals surface area contributed by atoms with Gasteiger partial charge in [0.2, 0.25) is 5.91 Å². The first-order chi connectivity index (χ1) is 13.5. The zero-order valence-corrected chi connectivity index (χ0v) is 16.9. The number of aliphatic hydroxyl groups is 1. The molecule has 4 atom stereocenters. The van der Waals surface area contributed by atoms with Crippen molar-refractivity contribution in [2.75, 3.05) is 6.61 Å². The van der Waals surface area contributed by atoms with Crippen LogP contribution in [0.3, 0.4) is 0 Å². The number of pyridine rings is 1. The summed E-state index contributed by atoms with van der Waals surface area (Å²) in [6.07, 6.45) is 1.96. The summed E-state index contributed by atoms with van der Waals surface area (Å²) in [5.74, 6) is -0.512. The van der Waals surface area contributed by atoms with Crippen molar-refractivity contribution in [1.82, 2.24) is 9.88 Å². The van der Waals surface area contributed by atoms with Crippen LogP contribution in [0.25, 0.3) is 0 Å². The molecular weight excluding hydrogens is 352 g/mol. The lowest BCUT2D eigenvalue weighted by Gasteiger charge is -2.34. The van der Waals surface area contributed by atoms with Crippen LogP contribution >= 0.6 is 0 Å². The van der Waals surface area contributed by atoms with Gasteiger partial charge in [-0.2, -0.15) is 0 Å². The summed E-state index contributed by atoms with van der Waals surface area (Å²) in [5, 5.41) is 10.8. The molecule has 3 rings (SSSR count). The third kappa shape index (κ3) is 4.26. The van der Waals surface area contributed by atoms with Gasteiger partial charge >= 0.3 is 0 Å². The van der Waals surface area contributed by atoms with Gasteiger partial charge in [-0.05, 0) is 30.0 Å². The van der Waals surface area contributed by atoms with E-state index in [0.717, 1.165) is 12.0 Å². The van der Waals surface area contributed by atoms with Crippen LogP contribution in [0.2, 0.25) is 0 Å². The van der Waals surface area contributed by atoms with Crippen LogP contribution in [0.5, 0.6) is 0 Å². The maximum absolute atomic E-state index is 13.7. The number of rotatable bonds is 7. The van der Waals surface area contributed by atoms with Crippen molar-refractivity contribution in [2.45, 2.75) is 52.0 Å². The average molecular weight is 383 g/mol. The lowest BCUT2D eigenvalue weighted by Crippen LogP contribution is -2.43. The minimum absolute atomic E-state index is 0.00694. The third-order valence-corrected chi connectivity index (χ3v) is 5.39. The molecule has 2 aromatic rings. The van der Waals surface area contributed by atoms with Gasteiger partial charge < -0.3 is 14.7 Å². The number of benzene rings is 1. The predicted molar refractivity (Wildman–Crippen MR) is 108 cm³/mol. The molecule has 150 valence electrons. The van der Waals surface area contributed by atoms with E-state index in [1.807, 2.05) is 69.3 Å². The number of hydrogen-bond donors (Lipinski definition) is 1. The number of amides is 1. The Kier molecular flexibility index (Phi) is 6.81. The Hall–Kier alpha value is -2.24. The molecule has 2 heterocycles. The number of hydrogen-bond acceptors (Lipinski definition) is 4. The molecule has 5 heteroatoms. The SMILES string of the molecule is CCC[C@@H](C(=O)N1[C@@H](c2ccccn2)OC[C@H]1c1ccccc1)[C@@H](O)C(C)C. The van der Waals surface area contributed by atoms with E-state index in [1.54, 1.807) is 11.1 Å². The summed E-state index contributed by atoms with van der Waals surface area (Å²) >= 11 is 0. The van der Waals surface area contributed by atoms with E-state index in [9.17, 15) is 9.90 Å². The highest BCUT2D eigenvalue weighted by atomic mass is 16.5. The van der Waals surface area contributed by atoms with Crippen LogP contribution in [0.4, 0.5) is 0 Å². The monoisotopic (exact) mass is 382 g/mol. The van der Waals surface area contributed by atoms with Gasteiger partial charge in [0, 0.05) is 6.20 Å². The summed E-state index contributed by atoms with van der Waals surface area (Å²) in [7, 11) is 0. The van der Waals surface area contributed by atoms with Crippen LogP contribution in [-0.2, 0) is 9.53 Å². The zero-order valence-electron chi connectivity index (χ0n) is 16.9. The first kappa shape index (κ1) is 20.5. The molecule has 1 saturated heterocycles. The molecule has 0 bridgehead atoms. The fraction of sp³-hybridized carbons (Fsp3) is 0.478. The van der Waals surface area contributed by atoms with Crippen LogP contribution in [-0.4, -0.2) is 33.6 Å². The first-order valence-electron chi connectivity index (χ1n) is 10.1. The molecule has 1 aliphatic heterocycles. The molecular formula is C23H30N2O3. The number of carbonyl (C=O) groups is 1. The zero-order chi connectivity index (χ0) is 20.1. The molecule has 1 fully saturated rings. The van der Waals surface area contributed by atoms with E-state index in [0.29, 0.717) is 18.7 Å². The van der Waals surface area contributed by atoms with Gasteiger partial charge in [0.25, 0.3) is 0 Å². The lowest BCUT2D eigenvalue weighted by atomic mass is 9.88. The van der Waals surface area contributed by atoms with E-state index in [-0.39, 0.29) is 17.9 Å². The third-order valence-electron chi connectivity index (χ3n) is 5.39. The van der Waals surface area contributed by atoms with Crippen molar-refractivity contribution in [1.29, 1.82) is 0 Å². The van der Waals surface area contributed by atoms with E-state index in [2.05, 4.69) is 4.98 Å². The standard InChI is InChI=1S/C23H30N2O3/c1-4-10-18(21(26)16(2)3)22(27)25-20(17-11-6-5-7-12-17)15-28-23(25)19-13-8-9-14-24-19/h5-9,11-14,16,18,20-21,23,26H,4,10,15H2,1-3H3/t18-,20+,21+,23-/m1/s1. The lowest BCUT2D eigenvalue weighted by molar-refractivity contribution is -0.148. The van der Waals surface area contributed by atoms with Crippen molar-refractivity contribution in [2.24, 2.45) is 11.8 Å². The number of nitrogens with zero attached hydrogens (tertiary/aromatic N) is 2. The summed E-state index contributed by atoms with van der Waals surface area (Å²) in [6.45, 7) is 6.35. The quantitative estimate of drug-likeness (QED) is 0.783. The van der Waals surface area contributed by atoms with Crippen LogP contribution in [0.15, 0.2) is 54.7 Å². The first-order valence-corrected chi connectivity index (χ1v) is 10.1. The fourth-order valence-electron chi connectivity index (χ4n) is 3.86. The minimum atomic E-state index is -0.686. The molecule has 0 spiro atoms. The highest BCUT2D eigenvalue weighted by Crippen LogP contribution is 2.40. The van der Waals surface area contributed by atoms with Crippen LogP contribution in [0.1, 0.15) is 57.1 Å². The summed E-state index contributed by atoms with van der Waals surface area (Å²) in [4.78, 5) is 19.9. The van der Waals surface area contributed by atoms with Crippen molar-refractivity contribution >= 4 is 5.91 Å². The Bertz CT molecular complexity index is 703. The summed E-state index contributed by atoms with van der Waals surface area (Å²) in [5.41, 5.74) is 1.74. The maximum atomic E-state index is 13.7. The Labute approximate surface area is 167 Å². The van der Waals surface area contributed by atoms with Gasteiger partial charge in [0.1, 0.15) is 0 Å². The summed E-state index contributed by atoms with van der Waals surface area (Å²) < 4.78 is 6.07. The normalized spacial score (nSPS) is 21.7. The topological polar surface area (TPSA) is 62.7 Å². The smallest absolute Gasteiger partial charge is 0.231 e. The molecule has 1 aromatic carbocycles. The van der Waals surface area contributed by atoms with Crippen molar-refractivity contribution in [3.63, 3.8) is 0 Å². The molecule has 0 saturated carbocycles. The van der Waals surface area contributed by atoms with Crippen molar-refractivity contribution in [3.05, 3.63) is 66.0 Å². The molecule has 1 amide bonds. The molecule has 1 aromatic heterocycles. The van der Waals surface area contributed by atoms with Crippen LogP contribution < -0.4 is 0 Å². The molecule has 1 N–H and O–H groups in total. The van der Waals surface area contributed by atoms with Gasteiger partial charge in [0.05, 0.1) is 30.4 Å². The Morgan fingerprint density at radius 2 is 1.93 bits per heavy atom. The second kappa shape index (κ2) is 9.30. The largest absolute Gasteiger partial charge is 0.392 e. The van der Waals surface area contributed by atoms with Gasteiger partial charge in [0.15, 0.2) is 6.23 Å². The van der Waals surface area contributed by atoms with Crippen molar-refractivity contribution in [3.8, 4) is 0 Å². The van der Waals surface area contributed by atoms with E-state index >= 15 is 0 Å². The molecule has 0 aliphatic carbocycles. The van der Waals surface area contributed by atoms with E-state index < -0.39 is 18.2 Å². The van der Waals surface area contributed by atoms with Gasteiger partial charge in [-0.1, -0.05) is 63.6 Å². The average Bonchev–Trinajstić information content (AvgIpc) is 3.17. The highest BCUT2D eigenvalue weighted by molar-refractivity contribution is 5.80. The number of aromatic nitrogens is 1. The molecule has 1 aliphatic rings. The number of aliphatic hydroxyl groups excluding tert-OH is 1. The van der Waals surface area contributed by atoms with Gasteiger partial charge in [-0.3, -0.25) is 9.78 Å². The van der Waals surface area contributed by atoms with Crippen LogP contribution in [0, 0.1) is 11.8 Å². The number of carbonyl (C=O) groups excluding carboxylic acids is 1. The van der Waals surface area contributed by atoms with Gasteiger partial charge in [-0.15, -0.1) is 0 Å². The Morgan fingerprint density at radius 1 is 1.21 bits per heavy atom. The second-order valence-electron chi connectivity index (χ2n) is 7.74. The number of ether oxygens (including phenoxy) is 1. The van der Waals surface area contributed by atoms with E-state index in [1.165, 1.54) is 0 Å². The summed E-state index contributed by atoms with van der Waals surface area (Å²) in [6, 6.07) is 15.4. The molecule has 0 unspecified atom stereocenters. The Morgan fingerprint density at radius 3 is 2.54 bits per heavy atom. The molecule has 28 heavy (non-hydrogen) atoms. The second-order valence-corrected chi connectivity index (χ2v) is 7.74. The molecule has 5 nitrogen and oxygen atoms in total. The Balaban J connectivity index is 1.99. The highest BCUT2D eigenvalue weighted by Gasteiger charge is 2.44. The van der Waals surface area contributed by atoms with Gasteiger partial charge in [-0.25, -0.2) is 0 Å². The van der Waals surface area contributed by atoms with E-state index in [4.69, 9.17) is 4.74 Å². The predicted octanol–water partition coefficient (Wildman–Crippen LogP) is 4.11. The fourth-order valence-corrected chi connectivity index (χ4v) is 3.86. The van der Waals surface area contributed by atoms with Crippen molar-refractivity contribution < 1.29 is 14.6 Å².